The van der Waals surface area contributed by atoms with Gasteiger partial charge < -0.3 is 5.73 Å². The zero-order valence-electron chi connectivity index (χ0n) is 5.13. The van der Waals surface area contributed by atoms with Crippen LogP contribution in [0.25, 0.3) is 0 Å². The number of likely N-dealkylation sites (N-methyl/N-ethyl adjacent to an activating group) is 1. The Bertz CT molecular complexity index is 74.2. The van der Waals surface area contributed by atoms with E-state index in [2.05, 4.69) is 0 Å². The van der Waals surface area contributed by atoms with Crippen LogP contribution in [-0.2, 0) is 0 Å². The predicted octanol–water partition coefficient (Wildman–Crippen LogP) is -0.429. The first kappa shape index (κ1) is 16.0. The Kier molecular flexibility index (Phi) is 14.2. The van der Waals surface area contributed by atoms with Crippen LogP contribution in [0, 0.1) is 5.41 Å². The molecule has 0 unspecified atom stereocenters. The van der Waals surface area contributed by atoms with Crippen molar-refractivity contribution in [2.75, 3.05) is 13.6 Å². The van der Waals surface area contributed by atoms with Crippen LogP contribution >= 0.6 is 24.8 Å². The normalized spacial score (nSPS) is 7.44. The molecule has 5 N–H and O–H groups in total. The number of nitrogens with two attached hydrogens (primary N) is 2. The fourth-order valence-electron chi connectivity index (χ4n) is 0.269. The molecule has 0 radical (unpaired) electrons. The summed E-state index contributed by atoms with van der Waals surface area (Å²) in [5.74, 6) is 5.19. The maximum Gasteiger partial charge on any atom is 0.106 e. The minimum Gasteiger partial charge on any atom is -0.387 e. The van der Waals surface area contributed by atoms with Crippen LogP contribution < -0.4 is 11.6 Å². The highest BCUT2D eigenvalue weighted by Gasteiger charge is 1.88. The number of hydrogen-bond donors (Lipinski definition) is 3. The van der Waals surface area contributed by atoms with E-state index in [9.17, 15) is 0 Å². The highest BCUT2D eigenvalue weighted by atomic mass is 35.5. The quantitative estimate of drug-likeness (QED) is 0.230. The van der Waals surface area contributed by atoms with E-state index in [4.69, 9.17) is 17.0 Å². The Hall–Kier alpha value is -0.0300. The fraction of sp³-hybridized carbons (Fsp3) is 0.667. The Balaban J connectivity index is -0.000000180. The van der Waals surface area contributed by atoms with Gasteiger partial charge in [0.05, 0.1) is 6.54 Å². The van der Waals surface area contributed by atoms with Gasteiger partial charge in [-0.3, -0.25) is 11.3 Å². The molecule has 0 bridgehead atoms. The van der Waals surface area contributed by atoms with Gasteiger partial charge in [0.1, 0.15) is 5.84 Å². The van der Waals surface area contributed by atoms with Gasteiger partial charge in [0.15, 0.2) is 0 Å². The third-order valence-electron chi connectivity index (χ3n) is 0.420. The molecular weight excluding hydrogens is 163 g/mol. The minimum absolute atomic E-state index is 0. The lowest BCUT2D eigenvalue weighted by molar-refractivity contribution is 0.399. The summed E-state index contributed by atoms with van der Waals surface area (Å²) in [6.07, 6.45) is 0. The third-order valence-corrected chi connectivity index (χ3v) is 0.420. The molecule has 6 heteroatoms. The van der Waals surface area contributed by atoms with E-state index in [1.807, 2.05) is 0 Å². The SMILES string of the molecule is CN(N)CC(=N)N.Cl.Cl. The van der Waals surface area contributed by atoms with E-state index >= 15 is 0 Å². The van der Waals surface area contributed by atoms with E-state index < -0.39 is 0 Å². The highest BCUT2D eigenvalue weighted by Crippen LogP contribution is 1.62. The van der Waals surface area contributed by atoms with Crippen molar-refractivity contribution in [2.24, 2.45) is 11.6 Å². The summed E-state index contributed by atoms with van der Waals surface area (Å²) in [5.41, 5.74) is 4.96. The first-order valence-corrected chi connectivity index (χ1v) is 1.91. The molecule has 0 aromatic rings. The number of nitrogens with one attached hydrogen (secondary N) is 1. The van der Waals surface area contributed by atoms with Crippen molar-refractivity contribution in [1.29, 1.82) is 5.41 Å². The molecule has 0 aliphatic carbocycles. The third kappa shape index (κ3) is 18.0. The van der Waals surface area contributed by atoms with Crippen molar-refractivity contribution in [3.63, 3.8) is 0 Å². The number of halogens is 2. The van der Waals surface area contributed by atoms with Gasteiger partial charge in [-0.15, -0.1) is 24.8 Å². The van der Waals surface area contributed by atoms with Gasteiger partial charge in [-0.2, -0.15) is 0 Å². The smallest absolute Gasteiger partial charge is 0.106 e. The lowest BCUT2D eigenvalue weighted by Gasteiger charge is -2.05. The molecule has 0 atom stereocenters. The second-order valence-electron chi connectivity index (χ2n) is 1.44. The Labute approximate surface area is 66.9 Å². The number of nitrogens with zero attached hydrogens (tertiary/aromatic N) is 1. The van der Waals surface area contributed by atoms with Crippen molar-refractivity contribution in [3.05, 3.63) is 0 Å². The van der Waals surface area contributed by atoms with E-state index in [0.717, 1.165) is 0 Å². The van der Waals surface area contributed by atoms with E-state index in [0.29, 0.717) is 6.54 Å². The van der Waals surface area contributed by atoms with Crippen LogP contribution in [0.2, 0.25) is 0 Å². The maximum atomic E-state index is 6.68. The molecule has 9 heavy (non-hydrogen) atoms. The second-order valence-corrected chi connectivity index (χ2v) is 1.44. The Morgan fingerprint density at radius 2 is 1.89 bits per heavy atom. The van der Waals surface area contributed by atoms with Gasteiger partial charge in [-0.25, -0.2) is 5.01 Å². The predicted molar refractivity (Wildman–Crippen MR) is 43.2 cm³/mol. The van der Waals surface area contributed by atoms with Crippen LogP contribution in [0.3, 0.4) is 0 Å². The molecule has 0 aliphatic heterocycles. The van der Waals surface area contributed by atoms with E-state index in [1.165, 1.54) is 5.01 Å². The van der Waals surface area contributed by atoms with Crippen molar-refractivity contribution in [2.45, 2.75) is 0 Å². The van der Waals surface area contributed by atoms with E-state index in [1.54, 1.807) is 7.05 Å². The molecule has 0 spiro atoms. The molecule has 58 valence electrons. The van der Waals surface area contributed by atoms with Gasteiger partial charge in [0.2, 0.25) is 0 Å². The topological polar surface area (TPSA) is 79.1 Å². The standard InChI is InChI=1S/C3H10N4.2ClH/c1-7(6)2-3(4)5;;/h2,6H2,1H3,(H3,4,5);2*1H. The first-order valence-electron chi connectivity index (χ1n) is 1.91. The lowest BCUT2D eigenvalue weighted by atomic mass is 10.6. The van der Waals surface area contributed by atoms with Gasteiger partial charge in [-0.1, -0.05) is 0 Å². The van der Waals surface area contributed by atoms with Gasteiger partial charge in [0.25, 0.3) is 0 Å². The molecule has 0 aliphatic rings. The van der Waals surface area contributed by atoms with Crippen molar-refractivity contribution in [3.8, 4) is 0 Å². The number of rotatable bonds is 2. The lowest BCUT2D eigenvalue weighted by Crippen LogP contribution is -2.34. The minimum atomic E-state index is 0. The van der Waals surface area contributed by atoms with Crippen LogP contribution in [0.1, 0.15) is 0 Å². The molecule has 0 saturated carbocycles. The van der Waals surface area contributed by atoms with Gasteiger partial charge in [-0.05, 0) is 0 Å². The molecule has 0 saturated heterocycles. The first-order chi connectivity index (χ1) is 3.13. The largest absolute Gasteiger partial charge is 0.387 e. The second kappa shape index (κ2) is 7.97. The molecule has 0 rings (SSSR count). The Morgan fingerprint density at radius 3 is 1.89 bits per heavy atom. The monoisotopic (exact) mass is 174 g/mol. The van der Waals surface area contributed by atoms with Gasteiger partial charge in [0, 0.05) is 7.05 Å². The van der Waals surface area contributed by atoms with Crippen molar-refractivity contribution >= 4 is 30.6 Å². The molecule has 4 nitrogen and oxygen atoms in total. The molecule has 0 fully saturated rings. The Morgan fingerprint density at radius 1 is 1.56 bits per heavy atom. The van der Waals surface area contributed by atoms with Crippen molar-refractivity contribution in [1.82, 2.24) is 5.01 Å². The summed E-state index contributed by atoms with van der Waals surface area (Å²) >= 11 is 0. The molecule has 0 amide bonds. The van der Waals surface area contributed by atoms with Crippen LogP contribution in [0.5, 0.6) is 0 Å². The van der Waals surface area contributed by atoms with E-state index in [-0.39, 0.29) is 30.6 Å². The van der Waals surface area contributed by atoms with Crippen LogP contribution in [-0.4, -0.2) is 24.4 Å². The average Bonchev–Trinajstić information content (AvgIpc) is 1.27. The van der Waals surface area contributed by atoms with Gasteiger partial charge >= 0.3 is 0 Å². The molecule has 0 aromatic carbocycles. The molecular formula is C3H12Cl2N4. The molecule has 0 heterocycles. The number of hydrazine groups is 1. The summed E-state index contributed by atoms with van der Waals surface area (Å²) < 4.78 is 0. The summed E-state index contributed by atoms with van der Waals surface area (Å²) in [5, 5.41) is 8.03. The van der Waals surface area contributed by atoms with Crippen LogP contribution in [0.15, 0.2) is 0 Å². The summed E-state index contributed by atoms with van der Waals surface area (Å²) in [4.78, 5) is 0. The summed E-state index contributed by atoms with van der Waals surface area (Å²) in [7, 11) is 1.65. The summed E-state index contributed by atoms with van der Waals surface area (Å²) in [6.45, 7) is 0.333. The number of hydrogen-bond acceptors (Lipinski definition) is 3. The average molecular weight is 175 g/mol. The highest BCUT2D eigenvalue weighted by molar-refractivity contribution is 5.85. The van der Waals surface area contributed by atoms with Crippen LogP contribution in [0.4, 0.5) is 0 Å². The van der Waals surface area contributed by atoms with Crippen molar-refractivity contribution < 1.29 is 0 Å². The zero-order valence-corrected chi connectivity index (χ0v) is 6.76. The maximum absolute atomic E-state index is 6.68. The number of amidine groups is 1. The zero-order chi connectivity index (χ0) is 5.86. The summed E-state index contributed by atoms with van der Waals surface area (Å²) in [6, 6.07) is 0. The fourth-order valence-corrected chi connectivity index (χ4v) is 0.269. The molecule has 0 aromatic heterocycles.